The number of carbonyl (C=O) groups is 1. The van der Waals surface area contributed by atoms with Crippen molar-refractivity contribution < 1.29 is 14.3 Å². The van der Waals surface area contributed by atoms with Crippen LogP contribution in [-0.2, 0) is 11.3 Å². The molecule has 2 aliphatic rings. The molecule has 1 aromatic carbocycles. The van der Waals surface area contributed by atoms with Gasteiger partial charge in [-0.15, -0.1) is 12.4 Å². The van der Waals surface area contributed by atoms with E-state index < -0.39 is 0 Å². The number of carbonyl (C=O) groups excluding carboxylic acids is 1. The molecule has 0 aromatic heterocycles. The minimum atomic E-state index is 0. The Kier molecular flexibility index (Phi) is 8.00. The molecule has 0 aliphatic carbocycles. The second kappa shape index (κ2) is 10.00. The maximum Gasteiger partial charge on any atom is 0.223 e. The molecule has 0 spiro atoms. The third-order valence-electron chi connectivity index (χ3n) is 5.15. The molecule has 2 saturated heterocycles. The van der Waals surface area contributed by atoms with Gasteiger partial charge in [-0.2, -0.15) is 0 Å². The lowest BCUT2D eigenvalue weighted by molar-refractivity contribution is -0.126. The average molecular weight is 384 g/mol. The van der Waals surface area contributed by atoms with Gasteiger partial charge in [0.25, 0.3) is 0 Å². The molecule has 0 bridgehead atoms. The van der Waals surface area contributed by atoms with E-state index in [1.807, 2.05) is 18.2 Å². The first kappa shape index (κ1) is 20.8. The molecule has 2 heterocycles. The van der Waals surface area contributed by atoms with Crippen molar-refractivity contribution >= 4 is 18.3 Å². The predicted octanol–water partition coefficient (Wildman–Crippen LogP) is 1.82. The van der Waals surface area contributed by atoms with Gasteiger partial charge in [0, 0.05) is 37.7 Å². The molecule has 146 valence electrons. The number of piperidine rings is 1. The van der Waals surface area contributed by atoms with E-state index in [4.69, 9.17) is 9.47 Å². The van der Waals surface area contributed by atoms with E-state index in [2.05, 4.69) is 15.5 Å². The smallest absolute Gasteiger partial charge is 0.223 e. The molecule has 0 saturated carbocycles. The van der Waals surface area contributed by atoms with Gasteiger partial charge in [-0.1, -0.05) is 0 Å². The van der Waals surface area contributed by atoms with E-state index in [1.165, 1.54) is 5.56 Å². The van der Waals surface area contributed by atoms with Crippen LogP contribution in [0, 0.1) is 5.92 Å². The lowest BCUT2D eigenvalue weighted by Gasteiger charge is -2.24. The van der Waals surface area contributed by atoms with Crippen molar-refractivity contribution in [3.05, 3.63) is 23.8 Å². The SMILES string of the molecule is COc1cc(CN2CCC(NC(=O)C3CCNCC3)C2)cc(OC)c1.Cl. The largest absolute Gasteiger partial charge is 0.497 e. The number of benzene rings is 1. The zero-order chi connectivity index (χ0) is 17.6. The number of nitrogens with zero attached hydrogens (tertiary/aromatic N) is 1. The van der Waals surface area contributed by atoms with Gasteiger partial charge in [-0.25, -0.2) is 0 Å². The first-order valence-corrected chi connectivity index (χ1v) is 9.13. The van der Waals surface area contributed by atoms with Gasteiger partial charge in [0.05, 0.1) is 14.2 Å². The fourth-order valence-corrected chi connectivity index (χ4v) is 3.71. The van der Waals surface area contributed by atoms with E-state index in [-0.39, 0.29) is 30.3 Å². The highest BCUT2D eigenvalue weighted by Crippen LogP contribution is 2.24. The summed E-state index contributed by atoms with van der Waals surface area (Å²) < 4.78 is 10.7. The molecule has 0 radical (unpaired) electrons. The summed E-state index contributed by atoms with van der Waals surface area (Å²) in [6.45, 7) is 4.64. The Bertz CT molecular complexity index is 571. The van der Waals surface area contributed by atoms with Crippen LogP contribution in [0.25, 0.3) is 0 Å². The standard InChI is InChI=1S/C19H29N3O3.ClH/c1-24-17-9-14(10-18(11-17)25-2)12-22-8-5-16(13-22)21-19(23)15-3-6-20-7-4-15;/h9-11,15-16,20H,3-8,12-13H2,1-2H3,(H,21,23);1H. The lowest BCUT2D eigenvalue weighted by Crippen LogP contribution is -2.43. The van der Waals surface area contributed by atoms with E-state index in [1.54, 1.807) is 14.2 Å². The third kappa shape index (κ3) is 5.50. The minimum absolute atomic E-state index is 0. The summed E-state index contributed by atoms with van der Waals surface area (Å²) in [5, 5.41) is 6.56. The second-order valence-electron chi connectivity index (χ2n) is 6.97. The summed E-state index contributed by atoms with van der Waals surface area (Å²) in [4.78, 5) is 14.8. The number of amides is 1. The Labute approximate surface area is 162 Å². The van der Waals surface area contributed by atoms with Crippen LogP contribution in [0.15, 0.2) is 18.2 Å². The number of methoxy groups -OCH3 is 2. The Morgan fingerprint density at radius 1 is 1.15 bits per heavy atom. The zero-order valence-electron chi connectivity index (χ0n) is 15.6. The van der Waals surface area contributed by atoms with Gasteiger partial charge >= 0.3 is 0 Å². The molecule has 1 unspecified atom stereocenters. The molecule has 2 N–H and O–H groups in total. The van der Waals surface area contributed by atoms with Crippen LogP contribution >= 0.6 is 12.4 Å². The Hall–Kier alpha value is -1.50. The quantitative estimate of drug-likeness (QED) is 0.784. The van der Waals surface area contributed by atoms with Crippen molar-refractivity contribution in [2.75, 3.05) is 40.4 Å². The molecule has 1 aromatic rings. The van der Waals surface area contributed by atoms with Crippen molar-refractivity contribution in [3.63, 3.8) is 0 Å². The number of hydrogen-bond donors (Lipinski definition) is 2. The van der Waals surface area contributed by atoms with E-state index >= 15 is 0 Å². The molecule has 1 amide bonds. The van der Waals surface area contributed by atoms with Crippen LogP contribution in [0.2, 0.25) is 0 Å². The fourth-order valence-electron chi connectivity index (χ4n) is 3.71. The highest BCUT2D eigenvalue weighted by molar-refractivity contribution is 5.85. The first-order chi connectivity index (χ1) is 12.2. The fraction of sp³-hybridized carbons (Fsp3) is 0.632. The van der Waals surface area contributed by atoms with E-state index in [0.717, 1.165) is 63.5 Å². The molecule has 2 aliphatic heterocycles. The Morgan fingerprint density at radius 2 is 1.81 bits per heavy atom. The van der Waals surface area contributed by atoms with Gasteiger partial charge in [-0.05, 0) is 50.0 Å². The van der Waals surface area contributed by atoms with Crippen molar-refractivity contribution in [3.8, 4) is 11.5 Å². The van der Waals surface area contributed by atoms with Gasteiger partial charge < -0.3 is 20.1 Å². The molecule has 7 heteroatoms. The maximum atomic E-state index is 12.4. The van der Waals surface area contributed by atoms with Crippen LogP contribution in [0.1, 0.15) is 24.8 Å². The minimum Gasteiger partial charge on any atom is -0.497 e. The number of rotatable bonds is 6. The number of nitrogens with one attached hydrogen (secondary N) is 2. The van der Waals surface area contributed by atoms with Crippen LogP contribution in [0.4, 0.5) is 0 Å². The van der Waals surface area contributed by atoms with E-state index in [0.29, 0.717) is 0 Å². The predicted molar refractivity (Wildman–Crippen MR) is 104 cm³/mol. The molecular weight excluding hydrogens is 354 g/mol. The van der Waals surface area contributed by atoms with Crippen LogP contribution in [0.3, 0.4) is 0 Å². The highest BCUT2D eigenvalue weighted by Gasteiger charge is 2.27. The van der Waals surface area contributed by atoms with Gasteiger partial charge in [0.15, 0.2) is 0 Å². The lowest BCUT2D eigenvalue weighted by atomic mass is 9.97. The number of halogens is 1. The van der Waals surface area contributed by atoms with Crippen LogP contribution < -0.4 is 20.1 Å². The van der Waals surface area contributed by atoms with Crippen molar-refractivity contribution in [2.45, 2.75) is 31.8 Å². The molecular formula is C19H30ClN3O3. The summed E-state index contributed by atoms with van der Waals surface area (Å²) in [5.74, 6) is 2.03. The molecule has 1 atom stereocenters. The second-order valence-corrected chi connectivity index (χ2v) is 6.97. The van der Waals surface area contributed by atoms with Gasteiger partial charge in [0.2, 0.25) is 5.91 Å². The molecule has 2 fully saturated rings. The van der Waals surface area contributed by atoms with Crippen LogP contribution in [0.5, 0.6) is 11.5 Å². The highest BCUT2D eigenvalue weighted by atomic mass is 35.5. The molecule has 3 rings (SSSR count). The summed E-state index contributed by atoms with van der Waals surface area (Å²) in [5.41, 5.74) is 1.17. The maximum absolute atomic E-state index is 12.4. The normalized spacial score (nSPS) is 21.1. The van der Waals surface area contributed by atoms with Crippen molar-refractivity contribution in [2.24, 2.45) is 5.92 Å². The summed E-state index contributed by atoms with van der Waals surface area (Å²) >= 11 is 0. The number of likely N-dealkylation sites (tertiary alicyclic amines) is 1. The summed E-state index contributed by atoms with van der Waals surface area (Å²) in [7, 11) is 3.33. The van der Waals surface area contributed by atoms with Crippen molar-refractivity contribution in [1.82, 2.24) is 15.5 Å². The Morgan fingerprint density at radius 3 is 2.42 bits per heavy atom. The third-order valence-corrected chi connectivity index (χ3v) is 5.15. The monoisotopic (exact) mass is 383 g/mol. The summed E-state index contributed by atoms with van der Waals surface area (Å²) in [6.07, 6.45) is 2.91. The average Bonchev–Trinajstić information content (AvgIpc) is 3.08. The molecule has 26 heavy (non-hydrogen) atoms. The number of hydrogen-bond acceptors (Lipinski definition) is 5. The topological polar surface area (TPSA) is 62.8 Å². The van der Waals surface area contributed by atoms with Gasteiger partial charge in [0.1, 0.15) is 11.5 Å². The first-order valence-electron chi connectivity index (χ1n) is 9.13. The zero-order valence-corrected chi connectivity index (χ0v) is 16.4. The van der Waals surface area contributed by atoms with Gasteiger partial charge in [-0.3, -0.25) is 9.69 Å². The van der Waals surface area contributed by atoms with E-state index in [9.17, 15) is 4.79 Å². The number of ether oxygens (including phenoxy) is 2. The van der Waals surface area contributed by atoms with Crippen LogP contribution in [-0.4, -0.2) is 57.2 Å². The summed E-state index contributed by atoms with van der Waals surface area (Å²) in [6, 6.07) is 6.23. The van der Waals surface area contributed by atoms with Crippen molar-refractivity contribution in [1.29, 1.82) is 0 Å². The Balaban J connectivity index is 0.00000243. The molecule has 6 nitrogen and oxygen atoms in total.